The summed E-state index contributed by atoms with van der Waals surface area (Å²) in [5, 5.41) is 5.88. The molecule has 92 valence electrons. The van der Waals surface area contributed by atoms with E-state index in [-0.39, 0.29) is 0 Å². The molecule has 0 atom stereocenters. The van der Waals surface area contributed by atoms with Crippen molar-refractivity contribution in [2.45, 2.75) is 13.5 Å². The standard InChI is InChI=1S/C15H17N3/c1-3-16-9-11-4-5-14-12(8-11)13-10-17-7-6-15(13)18(14)2/h4-8,10,16H,3,9H2,1-2H3. The van der Waals surface area contributed by atoms with Crippen LogP contribution in [0.15, 0.2) is 36.7 Å². The number of nitrogens with one attached hydrogen (secondary N) is 1. The van der Waals surface area contributed by atoms with Gasteiger partial charge in [-0.3, -0.25) is 4.98 Å². The summed E-state index contributed by atoms with van der Waals surface area (Å²) in [4.78, 5) is 4.24. The second kappa shape index (κ2) is 4.42. The molecule has 1 aromatic carbocycles. The maximum atomic E-state index is 4.24. The molecule has 0 amide bonds. The number of aromatic nitrogens is 2. The first-order chi connectivity index (χ1) is 8.81. The van der Waals surface area contributed by atoms with Crippen molar-refractivity contribution in [3.8, 4) is 0 Å². The molecule has 18 heavy (non-hydrogen) atoms. The molecule has 0 bridgehead atoms. The lowest BCUT2D eigenvalue weighted by molar-refractivity contribution is 0.727. The lowest BCUT2D eigenvalue weighted by Crippen LogP contribution is -2.11. The van der Waals surface area contributed by atoms with Crippen LogP contribution in [-0.4, -0.2) is 16.1 Å². The first kappa shape index (κ1) is 11.2. The van der Waals surface area contributed by atoms with Gasteiger partial charge >= 0.3 is 0 Å². The van der Waals surface area contributed by atoms with Crippen molar-refractivity contribution in [2.24, 2.45) is 7.05 Å². The summed E-state index contributed by atoms with van der Waals surface area (Å²) in [6.45, 7) is 4.04. The molecule has 0 aliphatic rings. The van der Waals surface area contributed by atoms with Gasteiger partial charge in [-0.1, -0.05) is 13.0 Å². The van der Waals surface area contributed by atoms with Gasteiger partial charge in [-0.2, -0.15) is 0 Å². The third kappa shape index (κ3) is 1.68. The fraction of sp³-hybridized carbons (Fsp3) is 0.267. The van der Waals surface area contributed by atoms with E-state index in [9.17, 15) is 0 Å². The molecule has 0 spiro atoms. The summed E-state index contributed by atoms with van der Waals surface area (Å²) in [6, 6.07) is 8.72. The third-order valence-corrected chi connectivity index (χ3v) is 3.45. The van der Waals surface area contributed by atoms with E-state index >= 15 is 0 Å². The Labute approximate surface area is 106 Å². The van der Waals surface area contributed by atoms with Crippen molar-refractivity contribution >= 4 is 21.8 Å². The Balaban J connectivity index is 2.23. The van der Waals surface area contributed by atoms with Crippen molar-refractivity contribution in [1.82, 2.24) is 14.9 Å². The van der Waals surface area contributed by atoms with E-state index in [4.69, 9.17) is 0 Å². The van der Waals surface area contributed by atoms with Gasteiger partial charge in [-0.25, -0.2) is 0 Å². The van der Waals surface area contributed by atoms with Crippen molar-refractivity contribution in [1.29, 1.82) is 0 Å². The number of hydrogen-bond donors (Lipinski definition) is 1. The molecule has 0 aliphatic carbocycles. The number of nitrogens with zero attached hydrogens (tertiary/aromatic N) is 2. The number of benzene rings is 1. The molecule has 0 fully saturated rings. The Morgan fingerprint density at radius 3 is 2.83 bits per heavy atom. The Morgan fingerprint density at radius 1 is 1.17 bits per heavy atom. The smallest absolute Gasteiger partial charge is 0.0519 e. The highest BCUT2D eigenvalue weighted by Crippen LogP contribution is 2.27. The normalized spacial score (nSPS) is 11.4. The van der Waals surface area contributed by atoms with Gasteiger partial charge in [0.05, 0.1) is 5.52 Å². The number of rotatable bonds is 3. The van der Waals surface area contributed by atoms with Crippen molar-refractivity contribution < 1.29 is 0 Å². The summed E-state index contributed by atoms with van der Waals surface area (Å²) >= 11 is 0. The predicted octanol–water partition coefficient (Wildman–Crippen LogP) is 2.84. The van der Waals surface area contributed by atoms with E-state index in [1.165, 1.54) is 27.4 Å². The van der Waals surface area contributed by atoms with Gasteiger partial charge in [0, 0.05) is 42.3 Å². The third-order valence-electron chi connectivity index (χ3n) is 3.45. The Bertz CT molecular complexity index is 697. The molecular formula is C15H17N3. The van der Waals surface area contributed by atoms with Gasteiger partial charge in [0.15, 0.2) is 0 Å². The molecular weight excluding hydrogens is 222 g/mol. The first-order valence-electron chi connectivity index (χ1n) is 6.33. The molecule has 2 aromatic heterocycles. The zero-order valence-electron chi connectivity index (χ0n) is 10.8. The van der Waals surface area contributed by atoms with E-state index < -0.39 is 0 Å². The van der Waals surface area contributed by atoms with Gasteiger partial charge in [0.2, 0.25) is 0 Å². The molecule has 2 heterocycles. The zero-order valence-corrected chi connectivity index (χ0v) is 10.8. The van der Waals surface area contributed by atoms with Crippen LogP contribution in [0.5, 0.6) is 0 Å². The molecule has 0 aliphatic heterocycles. The minimum Gasteiger partial charge on any atom is -0.344 e. The van der Waals surface area contributed by atoms with Crippen molar-refractivity contribution in [2.75, 3.05) is 6.54 Å². The zero-order chi connectivity index (χ0) is 12.5. The van der Waals surface area contributed by atoms with Crippen molar-refractivity contribution in [3.05, 3.63) is 42.2 Å². The largest absolute Gasteiger partial charge is 0.344 e. The Hall–Kier alpha value is -1.87. The fourth-order valence-corrected chi connectivity index (χ4v) is 2.49. The van der Waals surface area contributed by atoms with Gasteiger partial charge in [0.1, 0.15) is 0 Å². The van der Waals surface area contributed by atoms with Crippen LogP contribution in [0.25, 0.3) is 21.8 Å². The molecule has 0 saturated heterocycles. The van der Waals surface area contributed by atoms with Crippen LogP contribution in [-0.2, 0) is 13.6 Å². The minimum atomic E-state index is 0.920. The molecule has 3 rings (SSSR count). The summed E-state index contributed by atoms with van der Waals surface area (Å²) < 4.78 is 2.23. The second-order valence-corrected chi connectivity index (χ2v) is 4.58. The highest BCUT2D eigenvalue weighted by Gasteiger charge is 2.08. The molecule has 0 unspecified atom stereocenters. The van der Waals surface area contributed by atoms with E-state index in [1.54, 1.807) is 0 Å². The maximum absolute atomic E-state index is 4.24. The van der Waals surface area contributed by atoms with Crippen LogP contribution >= 0.6 is 0 Å². The van der Waals surface area contributed by atoms with Crippen LogP contribution in [0.2, 0.25) is 0 Å². The SMILES string of the molecule is CCNCc1ccc2c(c1)c1cnccc1n2C. The van der Waals surface area contributed by atoms with Crippen LogP contribution in [0.4, 0.5) is 0 Å². The van der Waals surface area contributed by atoms with Crippen LogP contribution in [0.3, 0.4) is 0 Å². The minimum absolute atomic E-state index is 0.920. The van der Waals surface area contributed by atoms with Gasteiger partial charge in [-0.05, 0) is 30.3 Å². The molecule has 0 radical (unpaired) electrons. The van der Waals surface area contributed by atoms with Crippen molar-refractivity contribution in [3.63, 3.8) is 0 Å². The number of pyridine rings is 1. The lowest BCUT2D eigenvalue weighted by atomic mass is 10.1. The van der Waals surface area contributed by atoms with E-state index in [0.717, 1.165) is 13.1 Å². The first-order valence-corrected chi connectivity index (χ1v) is 6.33. The summed E-state index contributed by atoms with van der Waals surface area (Å²) in [6.07, 6.45) is 3.80. The fourth-order valence-electron chi connectivity index (χ4n) is 2.49. The molecule has 3 aromatic rings. The molecule has 1 N–H and O–H groups in total. The predicted molar refractivity (Wildman–Crippen MR) is 75.6 cm³/mol. The average molecular weight is 239 g/mol. The number of fused-ring (bicyclic) bond motifs is 3. The quantitative estimate of drug-likeness (QED) is 0.761. The number of hydrogen-bond acceptors (Lipinski definition) is 2. The van der Waals surface area contributed by atoms with Gasteiger partial charge in [-0.15, -0.1) is 0 Å². The highest BCUT2D eigenvalue weighted by molar-refractivity contribution is 6.07. The number of aryl methyl sites for hydroxylation is 1. The Kier molecular flexibility index (Phi) is 2.76. The van der Waals surface area contributed by atoms with E-state index in [1.807, 2.05) is 12.4 Å². The van der Waals surface area contributed by atoms with E-state index in [0.29, 0.717) is 0 Å². The van der Waals surface area contributed by atoms with Crippen LogP contribution < -0.4 is 5.32 Å². The molecule has 3 heteroatoms. The summed E-state index contributed by atoms with van der Waals surface area (Å²) in [5.74, 6) is 0. The maximum Gasteiger partial charge on any atom is 0.0519 e. The lowest BCUT2D eigenvalue weighted by Gasteiger charge is -2.03. The summed E-state index contributed by atoms with van der Waals surface area (Å²) in [5.41, 5.74) is 3.82. The van der Waals surface area contributed by atoms with Gasteiger partial charge in [0.25, 0.3) is 0 Å². The average Bonchev–Trinajstić information content (AvgIpc) is 2.71. The highest BCUT2D eigenvalue weighted by atomic mass is 14.9. The topological polar surface area (TPSA) is 29.9 Å². The molecule has 0 saturated carbocycles. The van der Waals surface area contributed by atoms with Gasteiger partial charge < -0.3 is 9.88 Å². The monoisotopic (exact) mass is 239 g/mol. The van der Waals surface area contributed by atoms with Crippen LogP contribution in [0.1, 0.15) is 12.5 Å². The molecule has 3 nitrogen and oxygen atoms in total. The Morgan fingerprint density at radius 2 is 2.00 bits per heavy atom. The summed E-state index contributed by atoms with van der Waals surface area (Å²) in [7, 11) is 2.11. The second-order valence-electron chi connectivity index (χ2n) is 4.58. The van der Waals surface area contributed by atoms with E-state index in [2.05, 4.69) is 53.1 Å². The van der Waals surface area contributed by atoms with Crippen LogP contribution in [0, 0.1) is 0 Å².